The molecule has 6 heteroatoms. The van der Waals surface area contributed by atoms with E-state index in [2.05, 4.69) is 16.8 Å². The molecular weight excluding hydrogens is 215 g/mol. The van der Waals surface area contributed by atoms with Crippen LogP contribution < -0.4 is 0 Å². The number of aliphatic carboxylic acids is 1. The van der Waals surface area contributed by atoms with Crippen LogP contribution in [0.5, 0.6) is 0 Å². The molecule has 0 aliphatic heterocycles. The Morgan fingerprint density at radius 2 is 2.08 bits per heavy atom. The van der Waals surface area contributed by atoms with E-state index in [1.165, 1.54) is 6.07 Å². The van der Waals surface area contributed by atoms with Gasteiger partial charge in [-0.2, -0.15) is 0 Å². The summed E-state index contributed by atoms with van der Waals surface area (Å²) >= 11 is 11.1. The van der Waals surface area contributed by atoms with Crippen LogP contribution in [0.15, 0.2) is 12.6 Å². The lowest BCUT2D eigenvalue weighted by Crippen LogP contribution is -2.00. The van der Waals surface area contributed by atoms with Gasteiger partial charge in [0.05, 0.1) is 5.57 Å². The fraction of sp³-hybridized carbons (Fsp3) is 0. The van der Waals surface area contributed by atoms with Gasteiger partial charge in [-0.3, -0.25) is 0 Å². The van der Waals surface area contributed by atoms with Gasteiger partial charge in [-0.05, 0) is 6.07 Å². The van der Waals surface area contributed by atoms with E-state index >= 15 is 0 Å². The highest BCUT2D eigenvalue weighted by atomic mass is 35.5. The smallest absolute Gasteiger partial charge is 0.335 e. The maximum absolute atomic E-state index is 10.5. The van der Waals surface area contributed by atoms with Gasteiger partial charge in [0, 0.05) is 5.56 Å². The maximum atomic E-state index is 10.5. The van der Waals surface area contributed by atoms with Crippen molar-refractivity contribution in [3.05, 3.63) is 28.5 Å². The summed E-state index contributed by atoms with van der Waals surface area (Å²) in [6.45, 7) is 3.32. The van der Waals surface area contributed by atoms with Crippen molar-refractivity contribution in [1.82, 2.24) is 10.2 Å². The Morgan fingerprint density at radius 3 is 2.62 bits per heavy atom. The molecule has 1 aromatic rings. The molecule has 0 atom stereocenters. The van der Waals surface area contributed by atoms with Gasteiger partial charge in [-0.25, -0.2) is 4.79 Å². The summed E-state index contributed by atoms with van der Waals surface area (Å²) < 4.78 is 0. The highest BCUT2D eigenvalue weighted by Crippen LogP contribution is 2.22. The molecule has 0 aliphatic carbocycles. The van der Waals surface area contributed by atoms with E-state index in [0.717, 1.165) is 0 Å². The number of nitrogens with zero attached hydrogens (tertiary/aromatic N) is 2. The molecule has 1 heterocycles. The van der Waals surface area contributed by atoms with Crippen molar-refractivity contribution in [3.8, 4) is 0 Å². The minimum Gasteiger partial charge on any atom is -0.478 e. The van der Waals surface area contributed by atoms with Gasteiger partial charge in [-0.15, -0.1) is 10.2 Å². The number of hydrogen-bond donors (Lipinski definition) is 1. The van der Waals surface area contributed by atoms with Gasteiger partial charge < -0.3 is 5.11 Å². The summed E-state index contributed by atoms with van der Waals surface area (Å²) in [7, 11) is 0. The van der Waals surface area contributed by atoms with Crippen molar-refractivity contribution in [2.75, 3.05) is 0 Å². The molecule has 0 aliphatic rings. The van der Waals surface area contributed by atoms with E-state index in [4.69, 9.17) is 28.3 Å². The second-order valence-electron chi connectivity index (χ2n) is 2.16. The molecule has 68 valence electrons. The number of rotatable bonds is 2. The molecule has 0 aromatic carbocycles. The third kappa shape index (κ3) is 2.17. The SMILES string of the molecule is C=C(C(=O)O)c1cc(Cl)nnc1Cl. The predicted molar refractivity (Wildman–Crippen MR) is 48.7 cm³/mol. The Bertz CT molecular complexity index is 379. The molecule has 0 saturated carbocycles. The van der Waals surface area contributed by atoms with Gasteiger partial charge in [0.2, 0.25) is 0 Å². The molecule has 0 unspecified atom stereocenters. The number of carboxylic acids is 1. The van der Waals surface area contributed by atoms with Crippen LogP contribution >= 0.6 is 23.2 Å². The number of hydrogen-bond acceptors (Lipinski definition) is 3. The van der Waals surface area contributed by atoms with Crippen LogP contribution in [-0.2, 0) is 4.79 Å². The Labute approximate surface area is 83.8 Å². The first kappa shape index (κ1) is 9.95. The highest BCUT2D eigenvalue weighted by Gasteiger charge is 2.13. The van der Waals surface area contributed by atoms with E-state index < -0.39 is 5.97 Å². The molecule has 0 bridgehead atoms. The van der Waals surface area contributed by atoms with Crippen molar-refractivity contribution in [3.63, 3.8) is 0 Å². The third-order valence-electron chi connectivity index (χ3n) is 1.30. The molecule has 0 spiro atoms. The Morgan fingerprint density at radius 1 is 1.46 bits per heavy atom. The van der Waals surface area contributed by atoms with Crippen LogP contribution in [0.3, 0.4) is 0 Å². The molecule has 4 nitrogen and oxygen atoms in total. The fourth-order valence-electron chi connectivity index (χ4n) is 0.680. The van der Waals surface area contributed by atoms with Crippen LogP contribution in [0.2, 0.25) is 10.3 Å². The number of halogens is 2. The lowest BCUT2D eigenvalue weighted by atomic mass is 10.1. The van der Waals surface area contributed by atoms with Crippen molar-refractivity contribution in [1.29, 1.82) is 0 Å². The second-order valence-corrected chi connectivity index (χ2v) is 2.90. The first-order valence-corrected chi connectivity index (χ1v) is 3.89. The molecule has 13 heavy (non-hydrogen) atoms. The largest absolute Gasteiger partial charge is 0.478 e. The number of carbonyl (C=O) groups is 1. The van der Waals surface area contributed by atoms with E-state index in [0.29, 0.717) is 0 Å². The van der Waals surface area contributed by atoms with Gasteiger partial charge in [0.1, 0.15) is 0 Å². The predicted octanol–water partition coefficient (Wildman–Crippen LogP) is 1.88. The summed E-state index contributed by atoms with van der Waals surface area (Å²) in [5, 5.41) is 15.5. The van der Waals surface area contributed by atoms with Gasteiger partial charge in [0.25, 0.3) is 0 Å². The molecule has 1 N–H and O–H groups in total. The molecule has 0 fully saturated rings. The van der Waals surface area contributed by atoms with E-state index in [1.54, 1.807) is 0 Å². The summed E-state index contributed by atoms with van der Waals surface area (Å²) in [5.41, 5.74) is 0.0102. The first-order chi connectivity index (χ1) is 6.02. The fourth-order valence-corrected chi connectivity index (χ4v) is 1.03. The van der Waals surface area contributed by atoms with Crippen LogP contribution in [0.25, 0.3) is 5.57 Å². The van der Waals surface area contributed by atoms with Gasteiger partial charge >= 0.3 is 5.97 Å². The monoisotopic (exact) mass is 218 g/mol. The summed E-state index contributed by atoms with van der Waals surface area (Å²) in [6.07, 6.45) is 0. The quantitative estimate of drug-likeness (QED) is 0.771. The summed E-state index contributed by atoms with van der Waals surface area (Å²) in [6, 6.07) is 1.30. The van der Waals surface area contributed by atoms with Gasteiger partial charge in [0.15, 0.2) is 10.3 Å². The summed E-state index contributed by atoms with van der Waals surface area (Å²) in [5.74, 6) is -1.18. The summed E-state index contributed by atoms with van der Waals surface area (Å²) in [4.78, 5) is 10.5. The zero-order valence-electron chi connectivity index (χ0n) is 6.29. The number of carboxylic acid groups (broad SMARTS) is 1. The van der Waals surface area contributed by atoms with Gasteiger partial charge in [-0.1, -0.05) is 29.8 Å². The maximum Gasteiger partial charge on any atom is 0.335 e. The number of aromatic nitrogens is 2. The zero-order chi connectivity index (χ0) is 10.0. The van der Waals surface area contributed by atoms with Crippen molar-refractivity contribution in [2.24, 2.45) is 0 Å². The molecule has 0 saturated heterocycles. The van der Waals surface area contributed by atoms with Crippen molar-refractivity contribution in [2.45, 2.75) is 0 Å². The highest BCUT2D eigenvalue weighted by molar-refractivity contribution is 6.34. The van der Waals surface area contributed by atoms with Crippen molar-refractivity contribution < 1.29 is 9.90 Å². The average Bonchev–Trinajstić information content (AvgIpc) is 2.08. The van der Waals surface area contributed by atoms with E-state index in [-0.39, 0.29) is 21.4 Å². The third-order valence-corrected chi connectivity index (χ3v) is 1.77. The lowest BCUT2D eigenvalue weighted by Gasteiger charge is -2.01. The molecule has 0 radical (unpaired) electrons. The van der Waals surface area contributed by atoms with Crippen LogP contribution in [0.4, 0.5) is 0 Å². The van der Waals surface area contributed by atoms with Crippen molar-refractivity contribution >= 4 is 34.7 Å². The zero-order valence-corrected chi connectivity index (χ0v) is 7.80. The minimum atomic E-state index is -1.18. The Hall–Kier alpha value is -1.13. The Balaban J connectivity index is 3.21. The average molecular weight is 219 g/mol. The standard InChI is InChI=1S/C7H4Cl2N2O2/c1-3(7(12)13)4-2-5(8)10-11-6(4)9/h2H,1H2,(H,12,13). The Kier molecular flexibility index (Phi) is 2.85. The topological polar surface area (TPSA) is 63.1 Å². The second kappa shape index (κ2) is 3.72. The van der Waals surface area contributed by atoms with Crippen LogP contribution in [-0.4, -0.2) is 21.3 Å². The van der Waals surface area contributed by atoms with E-state index in [9.17, 15) is 4.79 Å². The normalized spacial score (nSPS) is 9.69. The molecular formula is C7H4Cl2N2O2. The van der Waals surface area contributed by atoms with Crippen LogP contribution in [0, 0.1) is 0 Å². The molecule has 0 amide bonds. The molecule has 1 rings (SSSR count). The lowest BCUT2D eigenvalue weighted by molar-refractivity contribution is -0.130. The molecule has 1 aromatic heterocycles. The minimum absolute atomic E-state index is 0.0307. The first-order valence-electron chi connectivity index (χ1n) is 3.13. The van der Waals surface area contributed by atoms with E-state index in [1.807, 2.05) is 0 Å². The van der Waals surface area contributed by atoms with Crippen LogP contribution in [0.1, 0.15) is 5.56 Å².